The van der Waals surface area contributed by atoms with Gasteiger partial charge in [-0.15, -0.1) is 0 Å². The Morgan fingerprint density at radius 2 is 2.00 bits per heavy atom. The van der Waals surface area contributed by atoms with E-state index >= 15 is 0 Å². The van der Waals surface area contributed by atoms with Crippen LogP contribution in [0.3, 0.4) is 0 Å². The first kappa shape index (κ1) is 16.9. The molecule has 0 fully saturated rings. The summed E-state index contributed by atoms with van der Waals surface area (Å²) in [6.45, 7) is 7.82. The van der Waals surface area contributed by atoms with Crippen LogP contribution < -0.4 is 4.74 Å². The summed E-state index contributed by atoms with van der Waals surface area (Å²) in [6, 6.07) is 2.85. The van der Waals surface area contributed by atoms with Crippen molar-refractivity contribution >= 4 is 11.7 Å². The molecule has 0 atom stereocenters. The lowest BCUT2D eigenvalue weighted by atomic mass is 9.85. The van der Waals surface area contributed by atoms with E-state index in [1.54, 1.807) is 0 Å². The van der Waals surface area contributed by atoms with E-state index in [4.69, 9.17) is 4.74 Å². The molecule has 0 bridgehead atoms. The molecule has 1 rings (SSSR count). The number of benzene rings is 1. The molecule has 0 amide bonds. The van der Waals surface area contributed by atoms with Gasteiger partial charge >= 0.3 is 11.7 Å². The van der Waals surface area contributed by atoms with Gasteiger partial charge in [0.2, 0.25) is 5.75 Å². The summed E-state index contributed by atoms with van der Waals surface area (Å²) in [5, 5.41) is 20.6. The fraction of sp³-hybridized carbons (Fsp3) is 0.533. The predicted octanol–water partition coefficient (Wildman–Crippen LogP) is 3.77. The number of ether oxygens (including phenoxy) is 1. The molecule has 0 aliphatic carbocycles. The van der Waals surface area contributed by atoms with Crippen molar-refractivity contribution < 1.29 is 19.6 Å². The molecule has 1 N–H and O–H groups in total. The van der Waals surface area contributed by atoms with Crippen LogP contribution in [0.1, 0.15) is 56.5 Å². The van der Waals surface area contributed by atoms with Crippen LogP contribution >= 0.6 is 0 Å². The Labute approximate surface area is 123 Å². The smallest absolute Gasteiger partial charge is 0.339 e. The van der Waals surface area contributed by atoms with E-state index in [2.05, 4.69) is 0 Å². The molecule has 6 heteroatoms. The second kappa shape index (κ2) is 6.56. The lowest BCUT2D eigenvalue weighted by Gasteiger charge is -2.20. The van der Waals surface area contributed by atoms with Gasteiger partial charge < -0.3 is 9.84 Å². The van der Waals surface area contributed by atoms with Gasteiger partial charge in [0.1, 0.15) is 5.56 Å². The van der Waals surface area contributed by atoms with E-state index in [1.807, 2.05) is 27.7 Å². The molecule has 0 saturated heterocycles. The highest BCUT2D eigenvalue weighted by Crippen LogP contribution is 2.36. The zero-order valence-electron chi connectivity index (χ0n) is 12.8. The van der Waals surface area contributed by atoms with Crippen molar-refractivity contribution in [2.24, 2.45) is 0 Å². The standard InChI is InChI=1S/C15H21NO5/c1-5-6-7-21-13-11(14(17)18)8-10(15(2,3)4)9-12(13)16(19)20/h8-9H,5-7H2,1-4H3,(H,17,18). The summed E-state index contributed by atoms with van der Waals surface area (Å²) in [7, 11) is 0. The third-order valence-corrected chi connectivity index (χ3v) is 3.11. The van der Waals surface area contributed by atoms with Gasteiger partial charge in [-0.3, -0.25) is 10.1 Å². The van der Waals surface area contributed by atoms with Gasteiger partial charge in [-0.25, -0.2) is 4.79 Å². The summed E-state index contributed by atoms with van der Waals surface area (Å²) < 4.78 is 5.38. The van der Waals surface area contributed by atoms with Crippen LogP contribution in [0.4, 0.5) is 5.69 Å². The van der Waals surface area contributed by atoms with E-state index in [1.165, 1.54) is 12.1 Å². The number of nitro groups is 1. The first-order chi connectivity index (χ1) is 9.68. The van der Waals surface area contributed by atoms with Crippen LogP contribution in [-0.4, -0.2) is 22.6 Å². The molecule has 0 unspecified atom stereocenters. The maximum atomic E-state index is 11.4. The maximum Gasteiger partial charge on any atom is 0.339 e. The highest BCUT2D eigenvalue weighted by Gasteiger charge is 2.28. The van der Waals surface area contributed by atoms with Crippen molar-refractivity contribution in [2.45, 2.75) is 46.0 Å². The molecule has 1 aromatic carbocycles. The van der Waals surface area contributed by atoms with Crippen LogP contribution in [0.15, 0.2) is 12.1 Å². The van der Waals surface area contributed by atoms with Gasteiger partial charge in [-0.1, -0.05) is 34.1 Å². The molecule has 0 aliphatic rings. The van der Waals surface area contributed by atoms with Crippen LogP contribution in [0, 0.1) is 10.1 Å². The molecule has 0 aliphatic heterocycles. The molecule has 6 nitrogen and oxygen atoms in total. The first-order valence-corrected chi connectivity index (χ1v) is 6.87. The zero-order chi connectivity index (χ0) is 16.2. The van der Waals surface area contributed by atoms with E-state index in [0.717, 1.165) is 6.42 Å². The molecule has 0 saturated carbocycles. The summed E-state index contributed by atoms with van der Waals surface area (Å²) in [5.41, 5.74) is -0.257. The van der Waals surface area contributed by atoms with Gasteiger partial charge in [0, 0.05) is 6.07 Å². The van der Waals surface area contributed by atoms with Gasteiger partial charge in [0.15, 0.2) is 0 Å². The minimum absolute atomic E-state index is 0.158. The monoisotopic (exact) mass is 295 g/mol. The average molecular weight is 295 g/mol. The number of hydrogen-bond acceptors (Lipinski definition) is 4. The number of aromatic carboxylic acids is 1. The number of carbonyl (C=O) groups is 1. The molecular weight excluding hydrogens is 274 g/mol. The number of nitrogens with zero attached hydrogens (tertiary/aromatic N) is 1. The maximum absolute atomic E-state index is 11.4. The van der Waals surface area contributed by atoms with E-state index in [-0.39, 0.29) is 23.6 Å². The van der Waals surface area contributed by atoms with Crippen LogP contribution in [0.25, 0.3) is 0 Å². The second-order valence-corrected chi connectivity index (χ2v) is 5.89. The van der Waals surface area contributed by atoms with Crippen molar-refractivity contribution in [3.05, 3.63) is 33.4 Å². The SMILES string of the molecule is CCCCOc1c(C(=O)O)cc(C(C)(C)C)cc1[N+](=O)[O-]. The molecule has 116 valence electrons. The Kier molecular flexibility index (Phi) is 5.29. The van der Waals surface area contributed by atoms with Crippen LogP contribution in [0.2, 0.25) is 0 Å². The third-order valence-electron chi connectivity index (χ3n) is 3.11. The Balaban J connectivity index is 3.44. The number of carboxylic acids is 1. The molecule has 0 heterocycles. The number of unbranched alkanes of at least 4 members (excludes halogenated alkanes) is 1. The van der Waals surface area contributed by atoms with E-state index < -0.39 is 16.3 Å². The zero-order valence-corrected chi connectivity index (χ0v) is 12.8. The number of nitro benzene ring substituents is 1. The quantitative estimate of drug-likeness (QED) is 0.490. The average Bonchev–Trinajstić information content (AvgIpc) is 2.36. The Morgan fingerprint density at radius 3 is 2.43 bits per heavy atom. The van der Waals surface area contributed by atoms with Gasteiger partial charge in [-0.2, -0.15) is 0 Å². The predicted molar refractivity (Wildman–Crippen MR) is 79.2 cm³/mol. The molecule has 0 spiro atoms. The van der Waals surface area contributed by atoms with Gasteiger partial charge in [0.25, 0.3) is 0 Å². The highest BCUT2D eigenvalue weighted by atomic mass is 16.6. The normalized spacial score (nSPS) is 11.2. The first-order valence-electron chi connectivity index (χ1n) is 6.87. The highest BCUT2D eigenvalue weighted by molar-refractivity contribution is 5.93. The minimum atomic E-state index is -1.23. The van der Waals surface area contributed by atoms with Gasteiger partial charge in [-0.05, 0) is 23.5 Å². The topological polar surface area (TPSA) is 89.7 Å². The Bertz CT molecular complexity index is 510. The summed E-state index contributed by atoms with van der Waals surface area (Å²) in [4.78, 5) is 22.1. The minimum Gasteiger partial charge on any atom is -0.486 e. The fourth-order valence-electron chi connectivity index (χ4n) is 1.81. The number of carboxylic acid groups (broad SMARTS) is 1. The lowest BCUT2D eigenvalue weighted by Crippen LogP contribution is -2.15. The second-order valence-electron chi connectivity index (χ2n) is 5.89. The van der Waals surface area contributed by atoms with Crippen LogP contribution in [-0.2, 0) is 5.41 Å². The number of rotatable bonds is 6. The summed E-state index contributed by atoms with van der Waals surface area (Å²) in [6.07, 6.45) is 1.56. The molecular formula is C15H21NO5. The van der Waals surface area contributed by atoms with Crippen molar-refractivity contribution in [2.75, 3.05) is 6.61 Å². The lowest BCUT2D eigenvalue weighted by molar-refractivity contribution is -0.386. The number of hydrogen-bond donors (Lipinski definition) is 1. The third kappa shape index (κ3) is 4.18. The summed E-state index contributed by atoms with van der Waals surface area (Å²) >= 11 is 0. The Hall–Kier alpha value is -2.11. The van der Waals surface area contributed by atoms with E-state index in [9.17, 15) is 20.0 Å². The van der Waals surface area contributed by atoms with Crippen molar-refractivity contribution in [1.82, 2.24) is 0 Å². The molecule has 0 radical (unpaired) electrons. The van der Waals surface area contributed by atoms with Gasteiger partial charge in [0.05, 0.1) is 11.5 Å². The van der Waals surface area contributed by atoms with Crippen molar-refractivity contribution in [3.63, 3.8) is 0 Å². The van der Waals surface area contributed by atoms with E-state index in [0.29, 0.717) is 12.0 Å². The molecule has 1 aromatic rings. The van der Waals surface area contributed by atoms with Crippen molar-refractivity contribution in [3.8, 4) is 5.75 Å². The molecule has 0 aromatic heterocycles. The van der Waals surface area contributed by atoms with Crippen molar-refractivity contribution in [1.29, 1.82) is 0 Å². The largest absolute Gasteiger partial charge is 0.486 e. The Morgan fingerprint density at radius 1 is 1.38 bits per heavy atom. The summed E-state index contributed by atoms with van der Waals surface area (Å²) in [5.74, 6) is -1.38. The molecule has 21 heavy (non-hydrogen) atoms. The van der Waals surface area contributed by atoms with Crippen LogP contribution in [0.5, 0.6) is 5.75 Å². The fourth-order valence-corrected chi connectivity index (χ4v) is 1.81.